The van der Waals surface area contributed by atoms with Crippen LogP contribution in [0.15, 0.2) is 72.3 Å². The highest BCUT2D eigenvalue weighted by Gasteiger charge is 2.52. The van der Waals surface area contributed by atoms with Gasteiger partial charge >= 0.3 is 12.2 Å². The number of carbonyl (C=O) groups is 1. The van der Waals surface area contributed by atoms with Crippen LogP contribution in [0, 0.1) is 5.82 Å². The number of nitrogens with zero attached hydrogens (tertiary/aromatic N) is 1. The molecule has 3 unspecified atom stereocenters. The summed E-state index contributed by atoms with van der Waals surface area (Å²) in [5.41, 5.74) is -0.402. The number of amides is 2. The molecule has 4 rings (SSSR count). The van der Waals surface area contributed by atoms with Crippen molar-refractivity contribution in [2.75, 3.05) is 13.7 Å². The fraction of sp³-hybridized carbons (Fsp3) is 0.370. The number of carbonyl (C=O) groups excluding carboxylic acids is 1. The Morgan fingerprint density at radius 1 is 1.17 bits per heavy atom. The van der Waals surface area contributed by atoms with Crippen LogP contribution in [-0.4, -0.2) is 42.4 Å². The van der Waals surface area contributed by atoms with Crippen molar-refractivity contribution in [2.24, 2.45) is 0 Å². The van der Waals surface area contributed by atoms with Gasteiger partial charge < -0.3 is 15.0 Å². The van der Waals surface area contributed by atoms with Gasteiger partial charge in [0.2, 0.25) is 0 Å². The molecule has 2 aromatic rings. The second-order valence-electron chi connectivity index (χ2n) is 9.30. The molecule has 1 fully saturated rings. The fourth-order valence-electron chi connectivity index (χ4n) is 4.91. The van der Waals surface area contributed by atoms with Gasteiger partial charge in [-0.25, -0.2) is 9.18 Å². The number of hydrogen-bond acceptors (Lipinski definition) is 2. The molecule has 1 N–H and O–H groups in total. The maximum atomic E-state index is 14.4. The number of halogens is 4. The van der Waals surface area contributed by atoms with Crippen molar-refractivity contribution in [3.63, 3.8) is 0 Å². The van der Waals surface area contributed by atoms with Crippen molar-refractivity contribution in [1.82, 2.24) is 10.2 Å². The molecule has 1 aliphatic heterocycles. The number of methoxy groups -OCH3 is 1. The van der Waals surface area contributed by atoms with Crippen LogP contribution in [0.25, 0.3) is 0 Å². The van der Waals surface area contributed by atoms with E-state index >= 15 is 0 Å². The zero-order valence-corrected chi connectivity index (χ0v) is 19.8. The summed E-state index contributed by atoms with van der Waals surface area (Å²) >= 11 is 0. The summed E-state index contributed by atoms with van der Waals surface area (Å²) in [6, 6.07) is 12.8. The smallest absolute Gasteiger partial charge is 0.371 e. The number of hydrogen-bond donors (Lipinski definition) is 1. The van der Waals surface area contributed by atoms with Gasteiger partial charge in [-0.1, -0.05) is 68.5 Å². The number of allylic oxidation sites excluding steroid dienone is 2. The Bertz CT molecular complexity index is 1140. The first kappa shape index (κ1) is 25.0. The average Bonchev–Trinajstić information content (AvgIpc) is 3.19. The van der Waals surface area contributed by atoms with E-state index in [0.717, 1.165) is 17.7 Å². The molecule has 0 aromatic heterocycles. The average molecular weight is 489 g/mol. The second-order valence-corrected chi connectivity index (χ2v) is 9.30. The molecule has 1 saturated heterocycles. The van der Waals surface area contributed by atoms with Crippen LogP contribution in [-0.2, 0) is 11.3 Å². The summed E-state index contributed by atoms with van der Waals surface area (Å²) in [4.78, 5) is 14.4. The Hall–Kier alpha value is -3.13. The van der Waals surface area contributed by atoms with Gasteiger partial charge in [-0.2, -0.15) is 13.2 Å². The molecule has 2 amide bonds. The lowest BCUT2D eigenvalue weighted by molar-refractivity contribution is -0.0927. The number of ether oxygens (including phenoxy) is 1. The maximum absolute atomic E-state index is 14.4. The van der Waals surface area contributed by atoms with Crippen LogP contribution >= 0.6 is 0 Å². The van der Waals surface area contributed by atoms with Crippen LogP contribution in [0.1, 0.15) is 42.4 Å². The SMILES string of the molecule is COC1(C2CN(Cc3ccccc3)C(=O)N2)C=C(C(F)(F)F)C=CC1c1ccc(F)c(C(C)C)c1. The fourth-order valence-corrected chi connectivity index (χ4v) is 4.91. The number of alkyl halides is 3. The Kier molecular flexibility index (Phi) is 6.77. The lowest BCUT2D eigenvalue weighted by atomic mass is 9.72. The Morgan fingerprint density at radius 3 is 2.51 bits per heavy atom. The zero-order chi connectivity index (χ0) is 25.4. The maximum Gasteiger partial charge on any atom is 0.416 e. The van der Waals surface area contributed by atoms with Crippen LogP contribution in [0.5, 0.6) is 0 Å². The first-order chi connectivity index (χ1) is 16.5. The molecule has 0 saturated carbocycles. The number of benzene rings is 2. The second kappa shape index (κ2) is 9.49. The van der Waals surface area contributed by atoms with Crippen molar-refractivity contribution in [3.8, 4) is 0 Å². The summed E-state index contributed by atoms with van der Waals surface area (Å²) in [5, 5.41) is 2.85. The highest BCUT2D eigenvalue weighted by atomic mass is 19.4. The van der Waals surface area contributed by atoms with Crippen molar-refractivity contribution >= 4 is 6.03 Å². The molecule has 1 heterocycles. The summed E-state index contributed by atoms with van der Waals surface area (Å²) < 4.78 is 61.6. The van der Waals surface area contributed by atoms with Gasteiger partial charge in [-0.3, -0.25) is 0 Å². The molecule has 2 aliphatic rings. The van der Waals surface area contributed by atoms with Gasteiger partial charge in [0, 0.05) is 26.1 Å². The van der Waals surface area contributed by atoms with E-state index in [4.69, 9.17) is 4.74 Å². The standard InChI is InChI=1S/C27H28F4N2O2/c1-17(2)21-13-19(9-12-23(21)28)22-11-10-20(27(29,30)31)14-26(22,35-3)24-16-33(25(34)32-24)15-18-7-5-4-6-8-18/h4-14,17,22,24H,15-16H2,1-3H3,(H,32,34). The van der Waals surface area contributed by atoms with Gasteiger partial charge in [0.1, 0.15) is 11.4 Å². The van der Waals surface area contributed by atoms with Crippen LogP contribution in [0.4, 0.5) is 22.4 Å². The van der Waals surface area contributed by atoms with E-state index in [1.807, 2.05) is 44.2 Å². The number of rotatable bonds is 6. The third-order valence-electron chi connectivity index (χ3n) is 6.77. The molecule has 2 aromatic carbocycles. The monoisotopic (exact) mass is 488 g/mol. The Balaban J connectivity index is 1.75. The summed E-state index contributed by atoms with van der Waals surface area (Å²) in [5.74, 6) is -1.17. The third kappa shape index (κ3) is 4.85. The molecule has 35 heavy (non-hydrogen) atoms. The van der Waals surface area contributed by atoms with E-state index in [1.54, 1.807) is 17.0 Å². The van der Waals surface area contributed by atoms with E-state index in [9.17, 15) is 22.4 Å². The highest BCUT2D eigenvalue weighted by molar-refractivity contribution is 5.77. The lowest BCUT2D eigenvalue weighted by Crippen LogP contribution is -2.55. The zero-order valence-electron chi connectivity index (χ0n) is 19.8. The van der Waals surface area contributed by atoms with Crippen molar-refractivity contribution in [3.05, 3.63) is 94.8 Å². The number of nitrogens with one attached hydrogen (secondary N) is 1. The van der Waals surface area contributed by atoms with Gasteiger partial charge in [0.25, 0.3) is 0 Å². The van der Waals surface area contributed by atoms with Crippen molar-refractivity contribution in [2.45, 2.75) is 50.0 Å². The summed E-state index contributed by atoms with van der Waals surface area (Å²) in [6.45, 7) is 4.16. The molecule has 0 bridgehead atoms. The van der Waals surface area contributed by atoms with E-state index < -0.39 is 29.3 Å². The van der Waals surface area contributed by atoms with Crippen molar-refractivity contribution < 1.29 is 27.1 Å². The first-order valence-corrected chi connectivity index (χ1v) is 11.5. The predicted molar refractivity (Wildman–Crippen MR) is 125 cm³/mol. The number of urea groups is 1. The quantitative estimate of drug-likeness (QED) is 0.502. The van der Waals surface area contributed by atoms with E-state index in [1.165, 1.54) is 19.3 Å². The first-order valence-electron chi connectivity index (χ1n) is 11.5. The van der Waals surface area contributed by atoms with E-state index in [2.05, 4.69) is 5.32 Å². The van der Waals surface area contributed by atoms with Gasteiger partial charge in [0.05, 0.1) is 11.6 Å². The van der Waals surface area contributed by atoms with Crippen LogP contribution < -0.4 is 5.32 Å². The topological polar surface area (TPSA) is 41.6 Å². The molecule has 8 heteroatoms. The molecule has 0 radical (unpaired) electrons. The molecule has 0 spiro atoms. The Labute approximate surface area is 202 Å². The highest BCUT2D eigenvalue weighted by Crippen LogP contribution is 2.45. The van der Waals surface area contributed by atoms with Crippen LogP contribution in [0.3, 0.4) is 0 Å². The normalized spacial score (nSPS) is 24.6. The predicted octanol–water partition coefficient (Wildman–Crippen LogP) is 6.07. The molecular formula is C27H28F4N2O2. The van der Waals surface area contributed by atoms with E-state index in [-0.39, 0.29) is 24.3 Å². The molecule has 4 nitrogen and oxygen atoms in total. The van der Waals surface area contributed by atoms with Gasteiger partial charge in [-0.05, 0) is 34.8 Å². The van der Waals surface area contributed by atoms with Crippen LogP contribution in [0.2, 0.25) is 0 Å². The minimum atomic E-state index is -4.59. The minimum absolute atomic E-state index is 0.117. The lowest BCUT2D eigenvalue weighted by Gasteiger charge is -2.43. The molecule has 186 valence electrons. The molecular weight excluding hydrogens is 460 g/mol. The Morgan fingerprint density at radius 2 is 1.89 bits per heavy atom. The largest absolute Gasteiger partial charge is 0.416 e. The van der Waals surface area contributed by atoms with Gasteiger partial charge in [-0.15, -0.1) is 0 Å². The molecule has 3 atom stereocenters. The van der Waals surface area contributed by atoms with Crippen molar-refractivity contribution in [1.29, 1.82) is 0 Å². The van der Waals surface area contributed by atoms with E-state index in [0.29, 0.717) is 17.7 Å². The minimum Gasteiger partial charge on any atom is -0.371 e. The summed E-state index contributed by atoms with van der Waals surface area (Å²) in [6.07, 6.45) is -1.06. The third-order valence-corrected chi connectivity index (χ3v) is 6.77. The summed E-state index contributed by atoms with van der Waals surface area (Å²) in [7, 11) is 1.34. The van der Waals surface area contributed by atoms with Gasteiger partial charge in [0.15, 0.2) is 0 Å². The molecule has 1 aliphatic carbocycles.